The summed E-state index contributed by atoms with van der Waals surface area (Å²) in [5.74, 6) is -0.125. The highest BCUT2D eigenvalue weighted by Crippen LogP contribution is 2.31. The molecular formula is C8H11N3O2S. The molecule has 0 saturated carbocycles. The van der Waals surface area contributed by atoms with E-state index in [2.05, 4.69) is 15.5 Å². The van der Waals surface area contributed by atoms with Crippen LogP contribution < -0.4 is 5.32 Å². The lowest BCUT2D eigenvalue weighted by molar-refractivity contribution is -0.114. The molecule has 1 aromatic rings. The summed E-state index contributed by atoms with van der Waals surface area (Å²) in [6.45, 7) is 2.24. The van der Waals surface area contributed by atoms with E-state index < -0.39 is 0 Å². The first kappa shape index (κ1) is 9.54. The van der Waals surface area contributed by atoms with Crippen molar-refractivity contribution < 1.29 is 9.53 Å². The summed E-state index contributed by atoms with van der Waals surface area (Å²) in [5, 5.41) is 11.8. The number of anilines is 1. The zero-order valence-corrected chi connectivity index (χ0v) is 8.63. The van der Waals surface area contributed by atoms with Crippen molar-refractivity contribution in [2.75, 3.05) is 11.9 Å². The summed E-state index contributed by atoms with van der Waals surface area (Å²) in [6.07, 6.45) is 2.14. The Morgan fingerprint density at radius 2 is 2.50 bits per heavy atom. The molecule has 0 aromatic carbocycles. The highest BCUT2D eigenvalue weighted by molar-refractivity contribution is 7.15. The van der Waals surface area contributed by atoms with E-state index in [4.69, 9.17) is 4.74 Å². The Bertz CT molecular complexity index is 333. The van der Waals surface area contributed by atoms with Crippen molar-refractivity contribution in [1.82, 2.24) is 10.2 Å². The van der Waals surface area contributed by atoms with Crippen molar-refractivity contribution in [3.63, 3.8) is 0 Å². The van der Waals surface area contributed by atoms with Gasteiger partial charge in [-0.3, -0.25) is 4.79 Å². The monoisotopic (exact) mass is 213 g/mol. The van der Waals surface area contributed by atoms with Crippen LogP contribution in [0.25, 0.3) is 0 Å². The molecule has 0 bridgehead atoms. The fourth-order valence-corrected chi connectivity index (χ4v) is 2.21. The van der Waals surface area contributed by atoms with E-state index in [-0.39, 0.29) is 12.0 Å². The van der Waals surface area contributed by atoms with Gasteiger partial charge in [0.1, 0.15) is 11.1 Å². The lowest BCUT2D eigenvalue weighted by Crippen LogP contribution is -2.04. The summed E-state index contributed by atoms with van der Waals surface area (Å²) >= 11 is 1.38. The van der Waals surface area contributed by atoms with E-state index in [1.54, 1.807) is 0 Å². The first-order valence-corrected chi connectivity index (χ1v) is 5.30. The number of carbonyl (C=O) groups excluding carboxylic acids is 1. The quantitative estimate of drug-likeness (QED) is 0.805. The predicted octanol–water partition coefficient (Wildman–Crippen LogP) is 1.35. The Morgan fingerprint density at radius 1 is 1.64 bits per heavy atom. The van der Waals surface area contributed by atoms with E-state index in [0.29, 0.717) is 5.13 Å². The average molecular weight is 213 g/mol. The zero-order chi connectivity index (χ0) is 9.97. The van der Waals surface area contributed by atoms with Gasteiger partial charge in [-0.2, -0.15) is 0 Å². The van der Waals surface area contributed by atoms with Gasteiger partial charge in [-0.15, -0.1) is 10.2 Å². The summed E-state index contributed by atoms with van der Waals surface area (Å²) in [6, 6.07) is 0. The van der Waals surface area contributed by atoms with E-state index >= 15 is 0 Å². The second-order valence-corrected chi connectivity index (χ2v) is 4.14. The summed E-state index contributed by atoms with van der Waals surface area (Å²) in [4.78, 5) is 10.7. The molecule has 0 aliphatic carbocycles. The molecule has 1 saturated heterocycles. The first-order valence-electron chi connectivity index (χ1n) is 4.48. The van der Waals surface area contributed by atoms with Gasteiger partial charge in [-0.05, 0) is 12.8 Å². The van der Waals surface area contributed by atoms with E-state index in [9.17, 15) is 4.79 Å². The van der Waals surface area contributed by atoms with Gasteiger partial charge in [0.05, 0.1) is 0 Å². The predicted molar refractivity (Wildman–Crippen MR) is 52.1 cm³/mol. The molecule has 1 amide bonds. The van der Waals surface area contributed by atoms with Gasteiger partial charge in [0.2, 0.25) is 11.0 Å². The van der Waals surface area contributed by atoms with Crippen LogP contribution in [0.15, 0.2) is 0 Å². The van der Waals surface area contributed by atoms with Gasteiger partial charge in [-0.25, -0.2) is 0 Å². The van der Waals surface area contributed by atoms with Crippen LogP contribution in [-0.2, 0) is 9.53 Å². The molecule has 1 aliphatic heterocycles. The normalized spacial score (nSPS) is 21.1. The smallest absolute Gasteiger partial charge is 0.223 e. The van der Waals surface area contributed by atoms with Gasteiger partial charge in [0.15, 0.2) is 0 Å². The third kappa shape index (κ3) is 2.08. The Morgan fingerprint density at radius 3 is 3.14 bits per heavy atom. The highest BCUT2D eigenvalue weighted by atomic mass is 32.1. The molecule has 14 heavy (non-hydrogen) atoms. The number of carbonyl (C=O) groups is 1. The van der Waals surface area contributed by atoms with Crippen molar-refractivity contribution in [3.8, 4) is 0 Å². The largest absolute Gasteiger partial charge is 0.371 e. The molecule has 6 heteroatoms. The maximum Gasteiger partial charge on any atom is 0.223 e. The van der Waals surface area contributed by atoms with Gasteiger partial charge in [-0.1, -0.05) is 11.3 Å². The van der Waals surface area contributed by atoms with Gasteiger partial charge in [0, 0.05) is 13.5 Å². The fourth-order valence-electron chi connectivity index (χ4n) is 1.34. The molecule has 1 atom stereocenters. The lowest BCUT2D eigenvalue weighted by atomic mass is 10.2. The lowest BCUT2D eigenvalue weighted by Gasteiger charge is -2.01. The number of nitrogens with zero attached hydrogens (tertiary/aromatic N) is 2. The molecule has 2 heterocycles. The number of aromatic nitrogens is 2. The van der Waals surface area contributed by atoms with Crippen molar-refractivity contribution in [1.29, 1.82) is 0 Å². The van der Waals surface area contributed by atoms with Gasteiger partial charge >= 0.3 is 0 Å². The van der Waals surface area contributed by atoms with Crippen LogP contribution in [0.5, 0.6) is 0 Å². The van der Waals surface area contributed by atoms with Gasteiger partial charge < -0.3 is 10.1 Å². The minimum Gasteiger partial charge on any atom is -0.371 e. The van der Waals surface area contributed by atoms with Crippen LogP contribution in [-0.4, -0.2) is 22.7 Å². The number of hydrogen-bond acceptors (Lipinski definition) is 5. The van der Waals surface area contributed by atoms with Crippen LogP contribution >= 0.6 is 11.3 Å². The van der Waals surface area contributed by atoms with Crippen molar-refractivity contribution >= 4 is 22.4 Å². The number of rotatable bonds is 2. The third-order valence-corrected chi connectivity index (χ3v) is 2.86. The maximum absolute atomic E-state index is 10.7. The molecule has 1 aliphatic rings. The van der Waals surface area contributed by atoms with Crippen molar-refractivity contribution in [3.05, 3.63) is 5.01 Å². The minimum absolute atomic E-state index is 0.0787. The van der Waals surface area contributed by atoms with Crippen LogP contribution in [0.2, 0.25) is 0 Å². The van der Waals surface area contributed by atoms with Crippen LogP contribution in [0.4, 0.5) is 5.13 Å². The van der Waals surface area contributed by atoms with Crippen LogP contribution in [0.1, 0.15) is 30.9 Å². The minimum atomic E-state index is -0.125. The Labute approximate surface area is 85.5 Å². The molecule has 5 nitrogen and oxygen atoms in total. The van der Waals surface area contributed by atoms with Crippen molar-refractivity contribution in [2.24, 2.45) is 0 Å². The summed E-state index contributed by atoms with van der Waals surface area (Å²) in [5.41, 5.74) is 0. The summed E-state index contributed by atoms with van der Waals surface area (Å²) in [7, 11) is 0. The molecule has 0 radical (unpaired) electrons. The Kier molecular flexibility index (Phi) is 2.74. The molecule has 0 spiro atoms. The third-order valence-electron chi connectivity index (χ3n) is 1.93. The fraction of sp³-hybridized carbons (Fsp3) is 0.625. The van der Waals surface area contributed by atoms with E-state index in [1.807, 2.05) is 0 Å². The number of hydrogen-bond donors (Lipinski definition) is 1. The SMILES string of the molecule is CC(=O)Nc1nnc([C@H]2CCCO2)s1. The number of ether oxygens (including phenoxy) is 1. The Balaban J connectivity index is 2.05. The second-order valence-electron chi connectivity index (χ2n) is 3.13. The maximum atomic E-state index is 10.7. The zero-order valence-electron chi connectivity index (χ0n) is 7.82. The average Bonchev–Trinajstić information content (AvgIpc) is 2.69. The number of amides is 1. The molecule has 1 N–H and O–H groups in total. The molecular weight excluding hydrogens is 202 g/mol. The standard InChI is InChI=1S/C8H11N3O2S/c1-5(12)9-8-11-10-7(14-8)6-3-2-4-13-6/h6H,2-4H2,1H3,(H,9,11,12)/t6-/m1/s1. The molecule has 0 unspecified atom stereocenters. The number of nitrogens with one attached hydrogen (secondary N) is 1. The Hall–Kier alpha value is -1.01. The van der Waals surface area contributed by atoms with Crippen molar-refractivity contribution in [2.45, 2.75) is 25.9 Å². The summed E-state index contributed by atoms with van der Waals surface area (Å²) < 4.78 is 5.45. The van der Waals surface area contributed by atoms with Crippen LogP contribution in [0.3, 0.4) is 0 Å². The van der Waals surface area contributed by atoms with Gasteiger partial charge in [0.25, 0.3) is 0 Å². The molecule has 76 valence electrons. The molecule has 1 fully saturated rings. The first-order chi connectivity index (χ1) is 6.75. The highest BCUT2D eigenvalue weighted by Gasteiger charge is 2.21. The van der Waals surface area contributed by atoms with E-state index in [0.717, 1.165) is 24.5 Å². The molecule has 2 rings (SSSR count). The van der Waals surface area contributed by atoms with E-state index in [1.165, 1.54) is 18.3 Å². The topological polar surface area (TPSA) is 64.1 Å². The molecule has 1 aromatic heterocycles. The second kappa shape index (κ2) is 4.02. The van der Waals surface area contributed by atoms with Crippen LogP contribution in [0, 0.1) is 0 Å².